The number of hydrogen-bond donors (Lipinski definition) is 0. The van der Waals surface area contributed by atoms with Gasteiger partial charge in [0.15, 0.2) is 5.78 Å². The molecule has 1 fully saturated rings. The van der Waals surface area contributed by atoms with Gasteiger partial charge in [0.1, 0.15) is 5.82 Å². The molecule has 3 heterocycles. The fourth-order valence-electron chi connectivity index (χ4n) is 2.60. The zero-order chi connectivity index (χ0) is 15.9. The summed E-state index contributed by atoms with van der Waals surface area (Å²) in [7, 11) is 0. The highest BCUT2D eigenvalue weighted by atomic mass is 32.1. The summed E-state index contributed by atoms with van der Waals surface area (Å²) in [5, 5.41) is 1.46. The topological polar surface area (TPSA) is 33.2 Å². The van der Waals surface area contributed by atoms with Gasteiger partial charge in [0.05, 0.1) is 21.3 Å². The lowest BCUT2D eigenvalue weighted by Crippen LogP contribution is -2.30. The van der Waals surface area contributed by atoms with E-state index >= 15 is 0 Å². The van der Waals surface area contributed by atoms with E-state index in [1.165, 1.54) is 12.3 Å². The molecular weight excluding hydrogens is 313 g/mol. The minimum atomic E-state index is -4.46. The van der Waals surface area contributed by atoms with Crippen LogP contribution in [0.5, 0.6) is 0 Å². The quantitative estimate of drug-likeness (QED) is 0.770. The molecule has 0 spiro atoms. The molecule has 0 aromatic carbocycles. The minimum absolute atomic E-state index is 0.0324. The fraction of sp³-hybridized carbons (Fsp3) is 0.400. The Kier molecular flexibility index (Phi) is 3.84. The van der Waals surface area contributed by atoms with Crippen LogP contribution in [-0.2, 0) is 6.18 Å². The van der Waals surface area contributed by atoms with E-state index in [0.29, 0.717) is 18.9 Å². The number of hydrogen-bond acceptors (Lipinski definition) is 4. The lowest BCUT2D eigenvalue weighted by molar-refractivity contribution is -0.136. The van der Waals surface area contributed by atoms with E-state index in [1.54, 1.807) is 0 Å². The first-order valence-electron chi connectivity index (χ1n) is 6.95. The Morgan fingerprint density at radius 3 is 2.59 bits per heavy atom. The minimum Gasteiger partial charge on any atom is -0.357 e. The first-order chi connectivity index (χ1) is 10.4. The number of Topliss-reactive ketones (excluding diaryl/α,β-unsaturated/α-hetero) is 1. The molecule has 0 N–H and O–H groups in total. The molecule has 2 aromatic rings. The van der Waals surface area contributed by atoms with Crippen molar-refractivity contribution in [1.82, 2.24) is 4.98 Å². The molecule has 1 aliphatic rings. The maximum Gasteiger partial charge on any atom is 0.417 e. The second-order valence-corrected chi connectivity index (χ2v) is 6.14. The standard InChI is InChI=1S/C15H14F3N2OS/c1-9(21)10-8-22-14-11(15(16,17)18)7-12(19-13(10)14)20-5-3-2-4-6-20/h2,7-8H,3-6H2,1H3. The van der Waals surface area contributed by atoms with Gasteiger partial charge in [-0.05, 0) is 32.3 Å². The Morgan fingerprint density at radius 2 is 2.00 bits per heavy atom. The van der Waals surface area contributed by atoms with Gasteiger partial charge in [-0.2, -0.15) is 13.2 Å². The number of halogens is 3. The van der Waals surface area contributed by atoms with E-state index in [4.69, 9.17) is 0 Å². The molecule has 22 heavy (non-hydrogen) atoms. The van der Waals surface area contributed by atoms with Crippen molar-refractivity contribution in [3.05, 3.63) is 29.0 Å². The number of carbonyl (C=O) groups excluding carboxylic acids is 1. The van der Waals surface area contributed by atoms with Gasteiger partial charge < -0.3 is 4.90 Å². The van der Waals surface area contributed by atoms with Crippen molar-refractivity contribution in [3.8, 4) is 0 Å². The van der Waals surface area contributed by atoms with Crippen LogP contribution < -0.4 is 4.90 Å². The van der Waals surface area contributed by atoms with Gasteiger partial charge in [0.25, 0.3) is 0 Å². The van der Waals surface area contributed by atoms with E-state index in [2.05, 4.69) is 11.4 Å². The summed E-state index contributed by atoms with van der Waals surface area (Å²) in [4.78, 5) is 17.8. The summed E-state index contributed by atoms with van der Waals surface area (Å²) < 4.78 is 40.1. The first kappa shape index (κ1) is 15.3. The molecule has 0 saturated carbocycles. The number of rotatable bonds is 2. The number of aromatic nitrogens is 1. The Balaban J connectivity index is 2.20. The molecule has 0 unspecified atom stereocenters. The van der Waals surface area contributed by atoms with Crippen molar-refractivity contribution in [2.24, 2.45) is 0 Å². The van der Waals surface area contributed by atoms with Crippen LogP contribution in [0.2, 0.25) is 0 Å². The number of fused-ring (bicyclic) bond motifs is 1. The number of anilines is 1. The number of ketones is 1. The molecule has 0 aliphatic carbocycles. The Labute approximate surface area is 129 Å². The maximum atomic E-state index is 13.3. The summed E-state index contributed by atoms with van der Waals surface area (Å²) in [6.45, 7) is 2.64. The van der Waals surface area contributed by atoms with E-state index in [9.17, 15) is 18.0 Å². The van der Waals surface area contributed by atoms with Crippen molar-refractivity contribution in [1.29, 1.82) is 0 Å². The largest absolute Gasteiger partial charge is 0.417 e. The molecule has 1 saturated heterocycles. The fourth-order valence-corrected chi connectivity index (χ4v) is 3.68. The molecular formula is C15H14F3N2OS. The SMILES string of the molecule is CC(=O)c1csc2c(C(F)(F)F)cc(N3CC[CH]CC3)nc12. The third kappa shape index (κ3) is 2.69. The van der Waals surface area contributed by atoms with Crippen molar-refractivity contribution >= 4 is 33.2 Å². The maximum absolute atomic E-state index is 13.3. The highest BCUT2D eigenvalue weighted by Crippen LogP contribution is 2.40. The number of piperidine rings is 1. The zero-order valence-electron chi connectivity index (χ0n) is 11.9. The van der Waals surface area contributed by atoms with Crippen LogP contribution in [0, 0.1) is 6.42 Å². The second kappa shape index (κ2) is 5.53. The Morgan fingerprint density at radius 1 is 1.32 bits per heavy atom. The smallest absolute Gasteiger partial charge is 0.357 e. The third-order valence-corrected chi connectivity index (χ3v) is 4.73. The summed E-state index contributed by atoms with van der Waals surface area (Å²) in [6.07, 6.45) is -0.698. The zero-order valence-corrected chi connectivity index (χ0v) is 12.7. The van der Waals surface area contributed by atoms with E-state index < -0.39 is 11.7 Å². The van der Waals surface area contributed by atoms with Crippen LogP contribution in [0.15, 0.2) is 11.4 Å². The van der Waals surface area contributed by atoms with Gasteiger partial charge in [-0.3, -0.25) is 4.79 Å². The number of carbonyl (C=O) groups is 1. The normalized spacial score (nSPS) is 16.3. The van der Waals surface area contributed by atoms with Crippen molar-refractivity contribution in [2.75, 3.05) is 18.0 Å². The monoisotopic (exact) mass is 327 g/mol. The molecule has 0 bridgehead atoms. The Hall–Kier alpha value is -1.63. The van der Waals surface area contributed by atoms with E-state index in [1.807, 2.05) is 4.90 Å². The first-order valence-corrected chi connectivity index (χ1v) is 7.83. The molecule has 1 aliphatic heterocycles. The van der Waals surface area contributed by atoms with Gasteiger partial charge in [0, 0.05) is 18.5 Å². The summed E-state index contributed by atoms with van der Waals surface area (Å²) in [5.74, 6) is 0.0322. The molecule has 117 valence electrons. The predicted octanol–water partition coefficient (Wildman–Crippen LogP) is 4.32. The number of thiophene rings is 1. The van der Waals surface area contributed by atoms with Crippen LogP contribution >= 0.6 is 11.3 Å². The van der Waals surface area contributed by atoms with Crippen molar-refractivity contribution < 1.29 is 18.0 Å². The van der Waals surface area contributed by atoms with Crippen molar-refractivity contribution in [3.63, 3.8) is 0 Å². The lowest BCUT2D eigenvalue weighted by atomic mass is 10.1. The van der Waals surface area contributed by atoms with Crippen LogP contribution in [0.4, 0.5) is 19.0 Å². The van der Waals surface area contributed by atoms with Gasteiger partial charge in [-0.15, -0.1) is 11.3 Å². The molecule has 7 heteroatoms. The second-order valence-electron chi connectivity index (χ2n) is 5.26. The van der Waals surface area contributed by atoms with Gasteiger partial charge in [0.2, 0.25) is 0 Å². The highest BCUT2D eigenvalue weighted by molar-refractivity contribution is 7.17. The predicted molar refractivity (Wildman–Crippen MR) is 80.4 cm³/mol. The number of pyridine rings is 1. The van der Waals surface area contributed by atoms with Gasteiger partial charge >= 0.3 is 6.18 Å². The van der Waals surface area contributed by atoms with Gasteiger partial charge in [-0.1, -0.05) is 0 Å². The summed E-state index contributed by atoms with van der Waals surface area (Å²) >= 11 is 0.923. The molecule has 0 atom stereocenters. The average molecular weight is 327 g/mol. The number of alkyl halides is 3. The van der Waals surface area contributed by atoms with E-state index in [0.717, 1.165) is 30.2 Å². The molecule has 3 rings (SSSR count). The Bertz CT molecular complexity index is 717. The summed E-state index contributed by atoms with van der Waals surface area (Å²) in [6, 6.07) is 1.11. The molecule has 0 amide bonds. The molecule has 3 nitrogen and oxygen atoms in total. The highest BCUT2D eigenvalue weighted by Gasteiger charge is 2.35. The molecule has 1 radical (unpaired) electrons. The third-order valence-electron chi connectivity index (χ3n) is 3.72. The van der Waals surface area contributed by atoms with Crippen LogP contribution in [-0.4, -0.2) is 23.9 Å². The lowest BCUT2D eigenvalue weighted by Gasteiger charge is -2.28. The van der Waals surface area contributed by atoms with E-state index in [-0.39, 0.29) is 21.6 Å². The van der Waals surface area contributed by atoms with Crippen LogP contribution in [0.1, 0.15) is 35.7 Å². The van der Waals surface area contributed by atoms with Crippen LogP contribution in [0.3, 0.4) is 0 Å². The molecule has 2 aromatic heterocycles. The average Bonchev–Trinajstić information content (AvgIpc) is 2.90. The summed E-state index contributed by atoms with van der Waals surface area (Å²) in [5.41, 5.74) is -0.285. The van der Waals surface area contributed by atoms with Crippen molar-refractivity contribution in [2.45, 2.75) is 25.9 Å². The van der Waals surface area contributed by atoms with Crippen LogP contribution in [0.25, 0.3) is 10.2 Å². The number of nitrogens with zero attached hydrogens (tertiary/aromatic N) is 2. The van der Waals surface area contributed by atoms with Gasteiger partial charge in [-0.25, -0.2) is 4.98 Å².